The van der Waals surface area contributed by atoms with Gasteiger partial charge in [0, 0.05) is 28.0 Å². The summed E-state index contributed by atoms with van der Waals surface area (Å²) in [6, 6.07) is 8.37. The molecule has 0 fully saturated rings. The molecule has 2 aromatic heterocycles. The molecule has 0 saturated heterocycles. The van der Waals surface area contributed by atoms with Crippen LogP contribution in [-0.2, 0) is 0 Å². The predicted octanol–water partition coefficient (Wildman–Crippen LogP) is 4.53. The number of rotatable bonds is 5. The molecule has 116 valence electrons. The van der Waals surface area contributed by atoms with Crippen molar-refractivity contribution in [2.45, 2.75) is 6.92 Å². The summed E-state index contributed by atoms with van der Waals surface area (Å²) in [6.07, 6.45) is 1.77. The van der Waals surface area contributed by atoms with E-state index in [4.69, 9.17) is 0 Å². The molecule has 6 nitrogen and oxygen atoms in total. The van der Waals surface area contributed by atoms with Crippen LogP contribution in [0, 0.1) is 17.0 Å². The zero-order valence-electron chi connectivity index (χ0n) is 12.1. The lowest BCUT2D eigenvalue weighted by Gasteiger charge is -1.96. The van der Waals surface area contributed by atoms with Gasteiger partial charge in [-0.2, -0.15) is 5.10 Å². The number of thiazole rings is 1. The fourth-order valence-electron chi connectivity index (χ4n) is 1.87. The lowest BCUT2D eigenvalue weighted by atomic mass is 10.1. The summed E-state index contributed by atoms with van der Waals surface area (Å²) in [4.78, 5) is 15.8. The molecule has 2 heterocycles. The van der Waals surface area contributed by atoms with Crippen LogP contribution < -0.4 is 5.43 Å². The quantitative estimate of drug-likeness (QED) is 0.419. The SMILES string of the molecule is Cc1ccsc1/C=N/Nc1nc(-c2ccc([N+](=O)[O-])cc2)cs1. The van der Waals surface area contributed by atoms with Crippen LogP contribution in [0.3, 0.4) is 0 Å². The minimum atomic E-state index is -0.418. The van der Waals surface area contributed by atoms with Crippen molar-refractivity contribution in [1.82, 2.24) is 4.98 Å². The Morgan fingerprint density at radius 1 is 1.26 bits per heavy atom. The Kier molecular flexibility index (Phi) is 4.45. The standard InChI is InChI=1S/C15H12N4O2S2/c1-10-6-7-22-14(10)8-16-18-15-17-13(9-23-15)11-2-4-12(5-3-11)19(20)21/h2-9H,1H3,(H,17,18)/b16-8+. The number of aryl methyl sites for hydroxylation is 1. The van der Waals surface area contributed by atoms with Crippen LogP contribution in [0.4, 0.5) is 10.8 Å². The maximum absolute atomic E-state index is 10.7. The van der Waals surface area contributed by atoms with Gasteiger partial charge in [0.1, 0.15) is 0 Å². The van der Waals surface area contributed by atoms with Gasteiger partial charge in [-0.25, -0.2) is 4.98 Å². The van der Waals surface area contributed by atoms with E-state index in [0.717, 1.165) is 16.1 Å². The van der Waals surface area contributed by atoms with E-state index in [1.165, 1.54) is 29.0 Å². The van der Waals surface area contributed by atoms with Crippen molar-refractivity contribution in [3.63, 3.8) is 0 Å². The summed E-state index contributed by atoms with van der Waals surface area (Å²) in [5.74, 6) is 0. The number of nitrogens with zero attached hydrogens (tertiary/aromatic N) is 3. The summed E-state index contributed by atoms with van der Waals surface area (Å²) in [7, 11) is 0. The lowest BCUT2D eigenvalue weighted by molar-refractivity contribution is -0.384. The first kappa shape index (κ1) is 15.3. The molecule has 0 spiro atoms. The second kappa shape index (κ2) is 6.67. The Balaban J connectivity index is 1.69. The highest BCUT2D eigenvalue weighted by molar-refractivity contribution is 7.14. The molecular formula is C15H12N4O2S2. The van der Waals surface area contributed by atoms with Crippen LogP contribution in [0.25, 0.3) is 11.3 Å². The van der Waals surface area contributed by atoms with Gasteiger partial charge in [0.15, 0.2) is 0 Å². The van der Waals surface area contributed by atoms with E-state index in [2.05, 4.69) is 15.5 Å². The number of nitro groups is 1. The molecule has 8 heteroatoms. The number of anilines is 1. The fourth-order valence-corrected chi connectivity index (χ4v) is 3.33. The number of thiophene rings is 1. The molecule has 3 rings (SSSR count). The second-order valence-corrected chi connectivity index (χ2v) is 6.49. The van der Waals surface area contributed by atoms with E-state index in [1.54, 1.807) is 29.7 Å². The fraction of sp³-hybridized carbons (Fsp3) is 0.0667. The van der Waals surface area contributed by atoms with Gasteiger partial charge in [0.05, 0.1) is 16.8 Å². The molecule has 0 saturated carbocycles. The van der Waals surface area contributed by atoms with E-state index < -0.39 is 4.92 Å². The molecule has 1 N–H and O–H groups in total. The Bertz CT molecular complexity index is 853. The lowest BCUT2D eigenvalue weighted by Crippen LogP contribution is -1.90. The average molecular weight is 344 g/mol. The van der Waals surface area contributed by atoms with Gasteiger partial charge >= 0.3 is 0 Å². The Hall–Kier alpha value is -2.58. The van der Waals surface area contributed by atoms with Crippen molar-refractivity contribution in [2.75, 3.05) is 5.43 Å². The van der Waals surface area contributed by atoms with Crippen molar-refractivity contribution in [3.05, 3.63) is 61.6 Å². The van der Waals surface area contributed by atoms with Crippen molar-refractivity contribution in [2.24, 2.45) is 5.10 Å². The first-order valence-electron chi connectivity index (χ1n) is 6.67. The summed E-state index contributed by atoms with van der Waals surface area (Å²) < 4.78 is 0. The summed E-state index contributed by atoms with van der Waals surface area (Å²) in [6.45, 7) is 2.04. The third-order valence-electron chi connectivity index (χ3n) is 3.12. The number of aromatic nitrogens is 1. The number of nitrogens with one attached hydrogen (secondary N) is 1. The van der Waals surface area contributed by atoms with Crippen LogP contribution in [0.2, 0.25) is 0 Å². The Morgan fingerprint density at radius 3 is 2.70 bits per heavy atom. The topological polar surface area (TPSA) is 80.4 Å². The van der Waals surface area contributed by atoms with Crippen molar-refractivity contribution < 1.29 is 4.92 Å². The molecule has 0 amide bonds. The molecule has 0 aliphatic carbocycles. The van der Waals surface area contributed by atoms with Crippen molar-refractivity contribution in [1.29, 1.82) is 0 Å². The van der Waals surface area contributed by atoms with Crippen LogP contribution in [0.15, 0.2) is 46.2 Å². The number of benzene rings is 1. The summed E-state index contributed by atoms with van der Waals surface area (Å²) >= 11 is 3.06. The predicted molar refractivity (Wildman–Crippen MR) is 94.5 cm³/mol. The van der Waals surface area contributed by atoms with Gasteiger partial charge in [-0.3, -0.25) is 15.5 Å². The third-order valence-corrected chi connectivity index (χ3v) is 4.82. The minimum absolute atomic E-state index is 0.0678. The number of hydrogen-bond donors (Lipinski definition) is 1. The summed E-state index contributed by atoms with van der Waals surface area (Å²) in [5.41, 5.74) is 5.75. The van der Waals surface area contributed by atoms with Gasteiger partial charge < -0.3 is 0 Å². The molecule has 0 unspecified atom stereocenters. The molecule has 1 aromatic carbocycles. The number of nitro benzene ring substituents is 1. The van der Waals surface area contributed by atoms with E-state index in [9.17, 15) is 10.1 Å². The molecule has 0 bridgehead atoms. The largest absolute Gasteiger partial charge is 0.269 e. The van der Waals surface area contributed by atoms with Crippen LogP contribution >= 0.6 is 22.7 Å². The number of hydrogen-bond acceptors (Lipinski definition) is 7. The second-order valence-electron chi connectivity index (χ2n) is 4.68. The van der Waals surface area contributed by atoms with Crippen LogP contribution in [-0.4, -0.2) is 16.1 Å². The maximum Gasteiger partial charge on any atom is 0.269 e. The normalized spacial score (nSPS) is 11.0. The molecule has 23 heavy (non-hydrogen) atoms. The van der Waals surface area contributed by atoms with Gasteiger partial charge in [-0.15, -0.1) is 22.7 Å². The summed E-state index contributed by atoms with van der Waals surface area (Å²) in [5, 5.41) is 19.4. The highest BCUT2D eigenvalue weighted by Gasteiger charge is 2.08. The molecule has 0 aliphatic rings. The van der Waals surface area contributed by atoms with E-state index in [-0.39, 0.29) is 5.69 Å². The molecule has 0 radical (unpaired) electrons. The monoisotopic (exact) mass is 344 g/mol. The average Bonchev–Trinajstić information content (AvgIpc) is 3.17. The van der Waals surface area contributed by atoms with Crippen LogP contribution in [0.5, 0.6) is 0 Å². The van der Waals surface area contributed by atoms with Crippen LogP contribution in [0.1, 0.15) is 10.4 Å². The molecular weight excluding hydrogens is 332 g/mol. The molecule has 3 aromatic rings. The third kappa shape index (κ3) is 3.61. The van der Waals surface area contributed by atoms with Gasteiger partial charge in [-0.05, 0) is 36.1 Å². The molecule has 0 aliphatic heterocycles. The zero-order chi connectivity index (χ0) is 16.2. The smallest absolute Gasteiger partial charge is 0.258 e. The highest BCUT2D eigenvalue weighted by atomic mass is 32.1. The van der Waals surface area contributed by atoms with Gasteiger partial charge in [0.25, 0.3) is 5.69 Å². The number of hydrazone groups is 1. The van der Waals surface area contributed by atoms with E-state index in [1.807, 2.05) is 23.8 Å². The van der Waals surface area contributed by atoms with Crippen molar-refractivity contribution in [3.8, 4) is 11.3 Å². The number of non-ortho nitro benzene ring substituents is 1. The van der Waals surface area contributed by atoms with Gasteiger partial charge in [0.2, 0.25) is 5.13 Å². The first-order chi connectivity index (χ1) is 11.1. The first-order valence-corrected chi connectivity index (χ1v) is 8.43. The van der Waals surface area contributed by atoms with Crippen molar-refractivity contribution >= 4 is 39.7 Å². The van der Waals surface area contributed by atoms with E-state index in [0.29, 0.717) is 5.13 Å². The molecule has 0 atom stereocenters. The Morgan fingerprint density at radius 2 is 2.04 bits per heavy atom. The zero-order valence-corrected chi connectivity index (χ0v) is 13.7. The highest BCUT2D eigenvalue weighted by Crippen LogP contribution is 2.26. The minimum Gasteiger partial charge on any atom is -0.258 e. The maximum atomic E-state index is 10.7. The Labute approximate surface area is 140 Å². The van der Waals surface area contributed by atoms with Gasteiger partial charge in [-0.1, -0.05) is 0 Å². The van der Waals surface area contributed by atoms with E-state index >= 15 is 0 Å².